The van der Waals surface area contributed by atoms with Crippen LogP contribution in [0.25, 0.3) is 0 Å². The number of carboxylic acids is 1. The summed E-state index contributed by atoms with van der Waals surface area (Å²) in [6, 6.07) is -0.358. The zero-order chi connectivity index (χ0) is 13.7. The number of carboxylic acid groups (broad SMARTS) is 1. The van der Waals surface area contributed by atoms with Gasteiger partial charge < -0.3 is 20.6 Å². The number of hydrogen-bond donors (Lipinski definition) is 3. The van der Waals surface area contributed by atoms with Gasteiger partial charge in [-0.2, -0.15) is 0 Å². The highest BCUT2D eigenvalue weighted by Gasteiger charge is 2.42. The van der Waals surface area contributed by atoms with Crippen LogP contribution in [-0.4, -0.2) is 53.7 Å². The summed E-state index contributed by atoms with van der Waals surface area (Å²) in [7, 11) is 0. The summed E-state index contributed by atoms with van der Waals surface area (Å²) in [5.41, 5.74) is -1.04. The van der Waals surface area contributed by atoms with Gasteiger partial charge in [-0.1, -0.05) is 12.8 Å². The number of carbonyl (C=O) groups is 2. The average molecular weight is 269 g/mol. The molecule has 0 spiro atoms. The van der Waals surface area contributed by atoms with Gasteiger partial charge in [0.25, 0.3) is 0 Å². The van der Waals surface area contributed by atoms with Crippen LogP contribution in [0, 0.1) is 0 Å². The fraction of sp³-hybridized carbons (Fsp3) is 0.846. The number of nitrogens with zero attached hydrogens (tertiary/aromatic N) is 1. The Bertz CT molecular complexity index is 334. The molecule has 1 saturated heterocycles. The minimum atomic E-state index is -1.04. The van der Waals surface area contributed by atoms with Crippen LogP contribution in [0.3, 0.4) is 0 Å². The highest BCUT2D eigenvalue weighted by atomic mass is 16.4. The molecule has 2 rings (SSSR count). The smallest absolute Gasteiger partial charge is 0.329 e. The van der Waals surface area contributed by atoms with E-state index < -0.39 is 11.5 Å². The third-order valence-corrected chi connectivity index (χ3v) is 4.13. The third-order valence-electron chi connectivity index (χ3n) is 4.13. The quantitative estimate of drug-likeness (QED) is 0.689. The summed E-state index contributed by atoms with van der Waals surface area (Å²) in [6.07, 6.45) is 5.24. The topological polar surface area (TPSA) is 81.7 Å². The van der Waals surface area contributed by atoms with E-state index >= 15 is 0 Å². The Morgan fingerprint density at radius 3 is 2.32 bits per heavy atom. The Balaban J connectivity index is 1.72. The Kier molecular flexibility index (Phi) is 4.63. The summed E-state index contributed by atoms with van der Waals surface area (Å²) in [6.45, 7) is 3.61. The second kappa shape index (κ2) is 6.23. The number of amides is 2. The number of hydrogen-bond acceptors (Lipinski definition) is 3. The maximum absolute atomic E-state index is 11.8. The Hall–Kier alpha value is -1.30. The van der Waals surface area contributed by atoms with Gasteiger partial charge in [0, 0.05) is 13.1 Å². The first kappa shape index (κ1) is 14.1. The first-order chi connectivity index (χ1) is 9.12. The van der Waals surface area contributed by atoms with E-state index in [1.807, 2.05) is 0 Å². The van der Waals surface area contributed by atoms with Crippen molar-refractivity contribution in [2.24, 2.45) is 0 Å². The van der Waals surface area contributed by atoms with Gasteiger partial charge in [0.2, 0.25) is 0 Å². The van der Waals surface area contributed by atoms with E-state index in [0.29, 0.717) is 19.4 Å². The molecule has 0 aromatic heterocycles. The molecule has 2 fully saturated rings. The van der Waals surface area contributed by atoms with E-state index in [4.69, 9.17) is 0 Å². The Morgan fingerprint density at radius 2 is 1.74 bits per heavy atom. The molecule has 108 valence electrons. The third kappa shape index (κ3) is 3.59. The number of carbonyl (C=O) groups excluding carboxylic acids is 1. The highest BCUT2D eigenvalue weighted by Crippen LogP contribution is 2.29. The summed E-state index contributed by atoms with van der Waals surface area (Å²) < 4.78 is 0. The lowest BCUT2D eigenvalue weighted by Crippen LogP contribution is -2.56. The van der Waals surface area contributed by atoms with Crippen LogP contribution in [0.4, 0.5) is 4.79 Å². The van der Waals surface area contributed by atoms with Crippen molar-refractivity contribution in [3.8, 4) is 0 Å². The van der Waals surface area contributed by atoms with Crippen LogP contribution in [0.5, 0.6) is 0 Å². The zero-order valence-electron chi connectivity index (χ0n) is 11.3. The fourth-order valence-electron chi connectivity index (χ4n) is 2.97. The summed E-state index contributed by atoms with van der Waals surface area (Å²) in [5, 5.41) is 14.7. The molecule has 1 aliphatic heterocycles. The van der Waals surface area contributed by atoms with Gasteiger partial charge in [-0.05, 0) is 38.8 Å². The van der Waals surface area contributed by atoms with Crippen LogP contribution in [0.2, 0.25) is 0 Å². The van der Waals surface area contributed by atoms with Gasteiger partial charge in [0.15, 0.2) is 0 Å². The molecule has 2 aliphatic rings. The summed E-state index contributed by atoms with van der Waals surface area (Å²) in [5.74, 6) is -0.917. The number of likely N-dealkylation sites (tertiary alicyclic amines) is 1. The maximum atomic E-state index is 11.8. The second-order valence-corrected chi connectivity index (χ2v) is 5.52. The molecule has 1 aliphatic carbocycles. The van der Waals surface area contributed by atoms with E-state index in [9.17, 15) is 14.7 Å². The molecule has 3 N–H and O–H groups in total. The molecule has 1 saturated carbocycles. The molecular weight excluding hydrogens is 246 g/mol. The monoisotopic (exact) mass is 269 g/mol. The van der Waals surface area contributed by atoms with Gasteiger partial charge in [-0.15, -0.1) is 0 Å². The average Bonchev–Trinajstić information content (AvgIpc) is 3.00. The van der Waals surface area contributed by atoms with E-state index in [-0.39, 0.29) is 6.03 Å². The minimum absolute atomic E-state index is 0.358. The Labute approximate surface area is 113 Å². The van der Waals surface area contributed by atoms with E-state index in [0.717, 1.165) is 32.5 Å². The minimum Gasteiger partial charge on any atom is -0.480 e. The van der Waals surface area contributed by atoms with Crippen molar-refractivity contribution < 1.29 is 14.7 Å². The summed E-state index contributed by atoms with van der Waals surface area (Å²) >= 11 is 0. The standard InChI is InChI=1S/C13H23N3O3/c17-11(18)13(5-1-2-6-13)15-12(19)14-7-10-16-8-3-4-9-16/h1-10H2,(H,17,18)(H2,14,15,19). The van der Waals surface area contributed by atoms with Crippen LogP contribution in [0.1, 0.15) is 38.5 Å². The first-order valence-electron chi connectivity index (χ1n) is 7.14. The molecule has 1 heterocycles. The zero-order valence-corrected chi connectivity index (χ0v) is 11.3. The normalized spacial score (nSPS) is 22.3. The molecule has 0 aromatic carbocycles. The number of rotatable bonds is 5. The van der Waals surface area contributed by atoms with Crippen LogP contribution >= 0.6 is 0 Å². The van der Waals surface area contributed by atoms with Gasteiger partial charge >= 0.3 is 12.0 Å². The largest absolute Gasteiger partial charge is 0.480 e. The van der Waals surface area contributed by atoms with E-state index in [1.165, 1.54) is 12.8 Å². The van der Waals surface area contributed by atoms with Gasteiger partial charge in [0.05, 0.1) is 0 Å². The van der Waals surface area contributed by atoms with E-state index in [2.05, 4.69) is 15.5 Å². The summed E-state index contributed by atoms with van der Waals surface area (Å²) in [4.78, 5) is 25.4. The predicted octanol–water partition coefficient (Wildman–Crippen LogP) is 0.779. The fourth-order valence-corrected chi connectivity index (χ4v) is 2.97. The predicted molar refractivity (Wildman–Crippen MR) is 71.0 cm³/mol. The molecule has 0 atom stereocenters. The van der Waals surface area contributed by atoms with Crippen LogP contribution in [0.15, 0.2) is 0 Å². The van der Waals surface area contributed by atoms with Crippen molar-refractivity contribution in [3.63, 3.8) is 0 Å². The van der Waals surface area contributed by atoms with Crippen molar-refractivity contribution in [2.75, 3.05) is 26.2 Å². The molecule has 0 bridgehead atoms. The number of urea groups is 1. The van der Waals surface area contributed by atoms with Crippen molar-refractivity contribution in [1.29, 1.82) is 0 Å². The lowest BCUT2D eigenvalue weighted by molar-refractivity contribution is -0.144. The van der Waals surface area contributed by atoms with E-state index in [1.54, 1.807) is 0 Å². The van der Waals surface area contributed by atoms with Crippen LogP contribution < -0.4 is 10.6 Å². The molecule has 6 nitrogen and oxygen atoms in total. The van der Waals surface area contributed by atoms with Crippen LogP contribution in [-0.2, 0) is 4.79 Å². The highest BCUT2D eigenvalue weighted by molar-refractivity contribution is 5.86. The molecule has 6 heteroatoms. The molecule has 0 radical (unpaired) electrons. The molecular formula is C13H23N3O3. The molecule has 19 heavy (non-hydrogen) atoms. The van der Waals surface area contributed by atoms with Gasteiger partial charge in [0.1, 0.15) is 5.54 Å². The molecule has 2 amide bonds. The lowest BCUT2D eigenvalue weighted by atomic mass is 9.98. The first-order valence-corrected chi connectivity index (χ1v) is 7.14. The van der Waals surface area contributed by atoms with Crippen molar-refractivity contribution >= 4 is 12.0 Å². The number of aliphatic carboxylic acids is 1. The molecule has 0 aromatic rings. The van der Waals surface area contributed by atoms with Gasteiger partial charge in [-0.3, -0.25) is 0 Å². The number of nitrogens with one attached hydrogen (secondary N) is 2. The molecule has 0 unspecified atom stereocenters. The van der Waals surface area contributed by atoms with Crippen molar-refractivity contribution in [2.45, 2.75) is 44.1 Å². The second-order valence-electron chi connectivity index (χ2n) is 5.52. The maximum Gasteiger partial charge on any atom is 0.329 e. The Morgan fingerprint density at radius 1 is 1.11 bits per heavy atom. The van der Waals surface area contributed by atoms with Gasteiger partial charge in [-0.25, -0.2) is 9.59 Å². The lowest BCUT2D eigenvalue weighted by Gasteiger charge is -2.25. The van der Waals surface area contributed by atoms with Crippen molar-refractivity contribution in [1.82, 2.24) is 15.5 Å². The van der Waals surface area contributed by atoms with Crippen molar-refractivity contribution in [3.05, 3.63) is 0 Å². The SMILES string of the molecule is O=C(NCCN1CCCC1)NC1(C(=O)O)CCCC1.